The summed E-state index contributed by atoms with van der Waals surface area (Å²) in [5, 5.41) is 17.9. The Bertz CT molecular complexity index is 943. The monoisotopic (exact) mass is 462 g/mol. The first-order valence-electron chi connectivity index (χ1n) is 11.4. The molecule has 2 aromatic rings. The number of aliphatic hydroxyl groups is 1. The number of nitrogens with zero attached hydrogens (tertiary/aromatic N) is 3. The van der Waals surface area contributed by atoms with Gasteiger partial charge in [-0.3, -0.25) is 9.89 Å². The lowest BCUT2D eigenvalue weighted by atomic mass is 9.89. The Kier molecular flexibility index (Phi) is 7.49. The predicted molar refractivity (Wildman–Crippen MR) is 118 cm³/mol. The Hall–Kier alpha value is -2.65. The molecule has 3 heterocycles. The van der Waals surface area contributed by atoms with Crippen molar-refractivity contribution in [2.24, 2.45) is 5.92 Å². The van der Waals surface area contributed by atoms with Gasteiger partial charge in [0, 0.05) is 37.8 Å². The Morgan fingerprint density at radius 2 is 1.79 bits per heavy atom. The fourth-order valence-corrected chi connectivity index (χ4v) is 4.77. The maximum atomic E-state index is 13.3. The predicted octanol–water partition coefficient (Wildman–Crippen LogP) is 3.32. The van der Waals surface area contributed by atoms with Crippen LogP contribution in [0.2, 0.25) is 0 Å². The normalized spacial score (nSPS) is 19.9. The molecule has 2 aliphatic rings. The standard InChI is InChI=1S/C24H29F3N4O2/c25-19-13-16(14-20(26)24(19)27)1-2-23(33)31-11-6-18(7-12-31)22(32)15-30-9-4-17(5-10-30)21-3-8-28-29-21/h1-3,8,13-14,17-18,22,32H,4-7,9-12,15H2,(H,28,29). The van der Waals surface area contributed by atoms with Gasteiger partial charge in [0.15, 0.2) is 17.5 Å². The van der Waals surface area contributed by atoms with Crippen molar-refractivity contribution in [2.75, 3.05) is 32.7 Å². The summed E-state index contributed by atoms with van der Waals surface area (Å²) in [5.74, 6) is -3.78. The minimum atomic E-state index is -1.53. The number of aromatic nitrogens is 2. The molecule has 1 unspecified atom stereocenters. The smallest absolute Gasteiger partial charge is 0.246 e. The lowest BCUT2D eigenvalue weighted by molar-refractivity contribution is -0.128. The number of halogens is 3. The van der Waals surface area contributed by atoms with E-state index in [4.69, 9.17) is 0 Å². The van der Waals surface area contributed by atoms with Crippen LogP contribution >= 0.6 is 0 Å². The number of nitrogens with one attached hydrogen (secondary N) is 1. The molecule has 9 heteroatoms. The van der Waals surface area contributed by atoms with Crippen LogP contribution in [-0.2, 0) is 4.79 Å². The Morgan fingerprint density at radius 3 is 2.39 bits per heavy atom. The first-order chi connectivity index (χ1) is 15.9. The summed E-state index contributed by atoms with van der Waals surface area (Å²) in [5.41, 5.74) is 1.19. The van der Waals surface area contributed by atoms with Crippen LogP contribution in [0.3, 0.4) is 0 Å². The van der Waals surface area contributed by atoms with Crippen LogP contribution in [0.25, 0.3) is 6.08 Å². The van der Waals surface area contributed by atoms with Crippen molar-refractivity contribution in [3.05, 3.63) is 59.2 Å². The van der Waals surface area contributed by atoms with Crippen molar-refractivity contribution < 1.29 is 23.1 Å². The number of benzene rings is 1. The van der Waals surface area contributed by atoms with E-state index in [2.05, 4.69) is 15.1 Å². The third-order valence-corrected chi connectivity index (χ3v) is 6.79. The van der Waals surface area contributed by atoms with Crippen LogP contribution < -0.4 is 0 Å². The zero-order valence-electron chi connectivity index (χ0n) is 18.4. The number of carbonyl (C=O) groups excluding carboxylic acids is 1. The molecule has 6 nitrogen and oxygen atoms in total. The third kappa shape index (κ3) is 5.83. The SMILES string of the molecule is O=C(C=Cc1cc(F)c(F)c(F)c1)N1CCC(C(O)CN2CCC(c3cc[nH]n3)CC2)CC1. The minimum absolute atomic E-state index is 0.0844. The second kappa shape index (κ2) is 10.5. The quantitative estimate of drug-likeness (QED) is 0.510. The van der Waals surface area contributed by atoms with Gasteiger partial charge < -0.3 is 14.9 Å². The van der Waals surface area contributed by atoms with Crippen molar-refractivity contribution in [1.82, 2.24) is 20.0 Å². The van der Waals surface area contributed by atoms with Gasteiger partial charge in [0.05, 0.1) is 11.8 Å². The van der Waals surface area contributed by atoms with Crippen molar-refractivity contribution in [3.8, 4) is 0 Å². The largest absolute Gasteiger partial charge is 0.392 e. The Labute approximate surface area is 191 Å². The van der Waals surface area contributed by atoms with E-state index in [0.29, 0.717) is 38.4 Å². The molecule has 4 rings (SSSR count). The fraction of sp³-hybridized carbons (Fsp3) is 0.500. The van der Waals surface area contributed by atoms with Gasteiger partial charge in [-0.1, -0.05) is 0 Å². The van der Waals surface area contributed by atoms with Crippen LogP contribution in [0.1, 0.15) is 42.9 Å². The number of H-pyrrole nitrogens is 1. The van der Waals surface area contributed by atoms with E-state index in [9.17, 15) is 23.1 Å². The summed E-state index contributed by atoms with van der Waals surface area (Å²) in [4.78, 5) is 16.4. The number of amides is 1. The van der Waals surface area contributed by atoms with Gasteiger partial charge in [-0.2, -0.15) is 5.10 Å². The van der Waals surface area contributed by atoms with Gasteiger partial charge in [-0.05, 0) is 74.5 Å². The first-order valence-corrected chi connectivity index (χ1v) is 11.4. The lowest BCUT2D eigenvalue weighted by Crippen LogP contribution is -2.45. The molecule has 2 aliphatic heterocycles. The Morgan fingerprint density at radius 1 is 1.12 bits per heavy atom. The molecule has 0 bridgehead atoms. The number of hydrogen-bond acceptors (Lipinski definition) is 4. The summed E-state index contributed by atoms with van der Waals surface area (Å²) in [6.07, 6.45) is 7.38. The number of carbonyl (C=O) groups is 1. The van der Waals surface area contributed by atoms with E-state index < -0.39 is 23.6 Å². The average Bonchev–Trinajstić information content (AvgIpc) is 3.36. The van der Waals surface area contributed by atoms with E-state index in [1.807, 2.05) is 12.3 Å². The van der Waals surface area contributed by atoms with Crippen LogP contribution in [0.15, 0.2) is 30.5 Å². The number of piperidine rings is 2. The van der Waals surface area contributed by atoms with Crippen LogP contribution in [0.4, 0.5) is 13.2 Å². The number of β-amino-alcohol motifs (C(OH)–C–C–N with tert-alkyl or cyclic N) is 1. The number of aliphatic hydroxyl groups excluding tert-OH is 1. The van der Waals surface area contributed by atoms with Crippen molar-refractivity contribution in [2.45, 2.75) is 37.7 Å². The van der Waals surface area contributed by atoms with E-state index in [1.54, 1.807) is 4.90 Å². The highest BCUT2D eigenvalue weighted by molar-refractivity contribution is 5.91. The third-order valence-electron chi connectivity index (χ3n) is 6.79. The summed E-state index contributed by atoms with van der Waals surface area (Å²) in [6.45, 7) is 3.52. The highest BCUT2D eigenvalue weighted by atomic mass is 19.2. The molecule has 1 aromatic heterocycles. The van der Waals surface area contributed by atoms with Crippen molar-refractivity contribution >= 4 is 12.0 Å². The summed E-state index contributed by atoms with van der Waals surface area (Å²) < 4.78 is 39.7. The van der Waals surface area contributed by atoms with E-state index >= 15 is 0 Å². The molecule has 1 atom stereocenters. The molecular weight excluding hydrogens is 433 g/mol. The van der Waals surface area contributed by atoms with Crippen LogP contribution in [0.5, 0.6) is 0 Å². The topological polar surface area (TPSA) is 72.5 Å². The number of likely N-dealkylation sites (tertiary alicyclic amines) is 2. The Balaban J connectivity index is 1.21. The molecule has 1 amide bonds. The maximum Gasteiger partial charge on any atom is 0.246 e. The van der Waals surface area contributed by atoms with Crippen LogP contribution in [-0.4, -0.2) is 69.8 Å². The van der Waals surface area contributed by atoms with E-state index in [1.165, 1.54) is 12.2 Å². The summed E-state index contributed by atoms with van der Waals surface area (Å²) in [6, 6.07) is 3.72. The lowest BCUT2D eigenvalue weighted by Gasteiger charge is -2.37. The van der Waals surface area contributed by atoms with Crippen molar-refractivity contribution in [3.63, 3.8) is 0 Å². The molecule has 0 saturated carbocycles. The summed E-state index contributed by atoms with van der Waals surface area (Å²) in [7, 11) is 0. The van der Waals surface area contributed by atoms with Gasteiger partial charge in [0.1, 0.15) is 0 Å². The summed E-state index contributed by atoms with van der Waals surface area (Å²) >= 11 is 0. The van der Waals surface area contributed by atoms with Gasteiger partial charge in [0.25, 0.3) is 0 Å². The molecule has 2 saturated heterocycles. The highest BCUT2D eigenvalue weighted by Gasteiger charge is 2.29. The van der Waals surface area contributed by atoms with Gasteiger partial charge >= 0.3 is 0 Å². The fourth-order valence-electron chi connectivity index (χ4n) is 4.77. The van der Waals surface area contributed by atoms with Crippen LogP contribution in [0, 0.1) is 23.4 Å². The molecule has 0 radical (unpaired) electrons. The number of aromatic amines is 1. The second-order valence-corrected chi connectivity index (χ2v) is 8.94. The second-order valence-electron chi connectivity index (χ2n) is 8.94. The zero-order chi connectivity index (χ0) is 23.4. The van der Waals surface area contributed by atoms with Crippen molar-refractivity contribution in [1.29, 1.82) is 0 Å². The highest BCUT2D eigenvalue weighted by Crippen LogP contribution is 2.28. The maximum absolute atomic E-state index is 13.3. The molecule has 0 aliphatic carbocycles. The number of rotatable bonds is 6. The molecule has 2 N–H and O–H groups in total. The molecular formula is C24H29F3N4O2. The van der Waals surface area contributed by atoms with E-state index in [-0.39, 0.29) is 17.4 Å². The average molecular weight is 463 g/mol. The molecule has 178 valence electrons. The number of hydrogen-bond donors (Lipinski definition) is 2. The minimum Gasteiger partial charge on any atom is -0.392 e. The molecule has 2 fully saturated rings. The van der Waals surface area contributed by atoms with Gasteiger partial charge in [-0.25, -0.2) is 13.2 Å². The first kappa shape index (κ1) is 23.5. The van der Waals surface area contributed by atoms with Gasteiger partial charge in [0.2, 0.25) is 5.91 Å². The van der Waals surface area contributed by atoms with E-state index in [0.717, 1.165) is 43.8 Å². The molecule has 0 spiro atoms. The molecule has 33 heavy (non-hydrogen) atoms. The zero-order valence-corrected chi connectivity index (χ0v) is 18.4. The van der Waals surface area contributed by atoms with Gasteiger partial charge in [-0.15, -0.1) is 0 Å². The molecule has 1 aromatic carbocycles.